The summed E-state index contributed by atoms with van der Waals surface area (Å²) in [6, 6.07) is 8.50. The first-order valence-corrected chi connectivity index (χ1v) is 11.4. The van der Waals surface area contributed by atoms with Crippen LogP contribution in [0.25, 0.3) is 11.1 Å². The van der Waals surface area contributed by atoms with Crippen LogP contribution < -0.4 is 5.73 Å². The quantitative estimate of drug-likeness (QED) is 0.527. The lowest BCUT2D eigenvalue weighted by Gasteiger charge is -2.23. The van der Waals surface area contributed by atoms with Gasteiger partial charge in [0.2, 0.25) is 0 Å². The van der Waals surface area contributed by atoms with Crippen LogP contribution in [0, 0.1) is 18.6 Å². The summed E-state index contributed by atoms with van der Waals surface area (Å²) in [6.45, 7) is 2.84. The van der Waals surface area contributed by atoms with Gasteiger partial charge in [0.25, 0.3) is 0 Å². The van der Waals surface area contributed by atoms with Crippen molar-refractivity contribution < 1.29 is 22.7 Å². The van der Waals surface area contributed by atoms with Crippen LogP contribution >= 0.6 is 12.6 Å². The molecule has 2 heterocycles. The largest absolute Gasteiger partial charge is 0.371 e. The number of nitrogens with zero attached hydrogens (tertiary/aromatic N) is 1. The molecule has 0 aromatic heterocycles. The van der Waals surface area contributed by atoms with Gasteiger partial charge < -0.3 is 15.3 Å². The van der Waals surface area contributed by atoms with Crippen LogP contribution in [-0.2, 0) is 16.0 Å². The zero-order chi connectivity index (χ0) is 23.8. The number of carbonyl (C=O) groups excluding carboxylic acids is 1. The lowest BCUT2D eigenvalue weighted by atomic mass is 9.94. The van der Waals surface area contributed by atoms with E-state index in [-0.39, 0.29) is 18.7 Å². The predicted octanol–water partition coefficient (Wildman–Crippen LogP) is 3.98. The van der Waals surface area contributed by atoms with Crippen molar-refractivity contribution in [2.75, 3.05) is 26.5 Å². The maximum Gasteiger partial charge on any atom is 0.148 e. The van der Waals surface area contributed by atoms with E-state index in [1.165, 1.54) is 12.1 Å². The smallest absolute Gasteiger partial charge is 0.148 e. The number of likely N-dealkylation sites (tertiary alicyclic amines) is 1. The number of benzene rings is 2. The average molecular weight is 469 g/mol. The Labute approximate surface area is 193 Å². The van der Waals surface area contributed by atoms with Gasteiger partial charge in [-0.15, -0.1) is 0 Å². The highest BCUT2D eigenvalue weighted by Crippen LogP contribution is 2.30. The highest BCUT2D eigenvalue weighted by molar-refractivity contribution is 7.79. The fourth-order valence-corrected chi connectivity index (χ4v) is 3.78. The van der Waals surface area contributed by atoms with Gasteiger partial charge in [-0.05, 0) is 55.5 Å². The number of hydrogen-bond acceptors (Lipinski definition) is 5. The van der Waals surface area contributed by atoms with Gasteiger partial charge in [0.05, 0.1) is 12.6 Å². The molecule has 4 rings (SSSR count). The number of rotatable bonds is 4. The van der Waals surface area contributed by atoms with Gasteiger partial charge in [0, 0.05) is 24.6 Å². The van der Waals surface area contributed by atoms with Crippen LogP contribution in [0.5, 0.6) is 0 Å². The molecular weight excluding hydrogens is 437 g/mol. The van der Waals surface area contributed by atoms with E-state index >= 15 is 0 Å². The third-order valence-corrected chi connectivity index (χ3v) is 5.77. The number of aldehydes is 1. The molecule has 8 heteroatoms. The first kappa shape index (κ1) is 26.4. The fraction of sp³-hybridized carbons (Fsp3) is 0.458. The van der Waals surface area contributed by atoms with E-state index in [1.807, 2.05) is 11.8 Å². The number of nitrogens with two attached hydrogens (primary N) is 1. The molecule has 4 atom stereocenters. The number of halogens is 3. The van der Waals surface area contributed by atoms with E-state index in [9.17, 15) is 18.0 Å². The normalized spacial score (nSPS) is 24.5. The molecule has 4 nitrogen and oxygen atoms in total. The Morgan fingerprint density at radius 2 is 1.91 bits per heavy atom. The molecule has 0 radical (unpaired) electrons. The summed E-state index contributed by atoms with van der Waals surface area (Å²) in [4.78, 5) is 11.5. The second kappa shape index (κ2) is 12.4. The predicted molar refractivity (Wildman–Crippen MR) is 125 cm³/mol. The Balaban J connectivity index is 0.000000387. The summed E-state index contributed by atoms with van der Waals surface area (Å²) in [5.41, 5.74) is 8.07. The van der Waals surface area contributed by atoms with Gasteiger partial charge in [0.15, 0.2) is 0 Å². The number of alkyl halides is 1. The van der Waals surface area contributed by atoms with Gasteiger partial charge in [0.1, 0.15) is 30.2 Å². The Morgan fingerprint density at radius 3 is 2.41 bits per heavy atom. The van der Waals surface area contributed by atoms with Crippen molar-refractivity contribution in [3.05, 3.63) is 59.2 Å². The van der Waals surface area contributed by atoms with Crippen molar-refractivity contribution in [3.63, 3.8) is 0 Å². The van der Waals surface area contributed by atoms with Crippen LogP contribution in [0.15, 0.2) is 36.4 Å². The summed E-state index contributed by atoms with van der Waals surface area (Å²) in [5.74, 6) is -0.799. The molecule has 0 spiro atoms. The lowest BCUT2D eigenvalue weighted by Crippen LogP contribution is -2.41. The summed E-state index contributed by atoms with van der Waals surface area (Å²) < 4.78 is 47.0. The van der Waals surface area contributed by atoms with Crippen LogP contribution in [0.1, 0.15) is 17.5 Å². The van der Waals surface area contributed by atoms with E-state index in [2.05, 4.69) is 12.6 Å². The minimum absolute atomic E-state index is 0.0648. The monoisotopic (exact) mass is 468 g/mol. The van der Waals surface area contributed by atoms with Gasteiger partial charge in [-0.3, -0.25) is 4.90 Å². The van der Waals surface area contributed by atoms with Crippen molar-refractivity contribution >= 4 is 18.9 Å². The molecule has 2 aliphatic heterocycles. The molecule has 2 aliphatic rings. The topological polar surface area (TPSA) is 55.6 Å². The van der Waals surface area contributed by atoms with Crippen LogP contribution in [0.3, 0.4) is 0 Å². The van der Waals surface area contributed by atoms with Gasteiger partial charge in [-0.1, -0.05) is 24.3 Å². The average Bonchev–Trinajstić information content (AvgIpc) is 2.98. The third-order valence-electron chi connectivity index (χ3n) is 5.77. The van der Waals surface area contributed by atoms with Crippen LogP contribution in [-0.4, -0.2) is 62.0 Å². The molecule has 32 heavy (non-hydrogen) atoms. The summed E-state index contributed by atoms with van der Waals surface area (Å²) in [5, 5.41) is 0. The second-order valence-corrected chi connectivity index (χ2v) is 7.88. The Bertz CT molecular complexity index is 896. The van der Waals surface area contributed by atoms with E-state index in [4.69, 9.17) is 10.5 Å². The highest BCUT2D eigenvalue weighted by atomic mass is 32.1. The van der Waals surface area contributed by atoms with Crippen molar-refractivity contribution in [3.8, 4) is 11.1 Å². The maximum absolute atomic E-state index is 15.0. The van der Waals surface area contributed by atoms with Crippen LogP contribution in [0.2, 0.25) is 0 Å². The van der Waals surface area contributed by atoms with E-state index in [0.717, 1.165) is 24.9 Å². The fourth-order valence-electron chi connectivity index (χ4n) is 3.78. The minimum Gasteiger partial charge on any atom is -0.371 e. The Morgan fingerprint density at radius 1 is 1.22 bits per heavy atom. The van der Waals surface area contributed by atoms with Crippen molar-refractivity contribution in [2.24, 2.45) is 5.73 Å². The molecule has 0 bridgehead atoms. The lowest BCUT2D eigenvalue weighted by molar-refractivity contribution is -0.129. The minimum atomic E-state index is -1.10. The highest BCUT2D eigenvalue weighted by Gasteiger charge is 2.38. The number of ether oxygens (including phenoxy) is 1. The number of aryl methyl sites for hydroxylation is 1. The SMILES string of the molecule is CS.Cc1ccc(F)cc1-c1cccc(CC2C(N)C(F)CN2C)c1F.O=CC1CCO1. The maximum atomic E-state index is 15.0. The molecule has 0 amide bonds. The molecule has 0 saturated carbocycles. The first-order chi connectivity index (χ1) is 15.3. The molecule has 2 saturated heterocycles. The van der Waals surface area contributed by atoms with Crippen LogP contribution in [0.4, 0.5) is 13.2 Å². The molecular formula is C24H31F3N2O2S. The first-order valence-electron chi connectivity index (χ1n) is 10.5. The molecule has 0 aliphatic carbocycles. The van der Waals surface area contributed by atoms with E-state index < -0.39 is 23.8 Å². The van der Waals surface area contributed by atoms with Crippen molar-refractivity contribution in [1.29, 1.82) is 0 Å². The third kappa shape index (κ3) is 6.34. The molecule has 4 unspecified atom stereocenters. The summed E-state index contributed by atoms with van der Waals surface area (Å²) in [7, 11) is 1.79. The van der Waals surface area contributed by atoms with E-state index in [1.54, 1.807) is 37.6 Å². The number of carbonyl (C=O) groups is 1. The molecule has 2 N–H and O–H groups in total. The zero-order valence-corrected chi connectivity index (χ0v) is 19.5. The van der Waals surface area contributed by atoms with Crippen molar-refractivity contribution in [2.45, 2.75) is 44.1 Å². The second-order valence-electron chi connectivity index (χ2n) is 7.88. The summed E-state index contributed by atoms with van der Waals surface area (Å²) >= 11 is 3.53. The number of hydrogen-bond donors (Lipinski definition) is 2. The van der Waals surface area contributed by atoms with Gasteiger partial charge in [-0.25, -0.2) is 13.2 Å². The molecule has 176 valence electrons. The number of likely N-dealkylation sites (N-methyl/N-ethyl adjacent to an activating group) is 1. The standard InChI is InChI=1S/C19H21F3N2.C4H6O2.CH4S/c1-11-6-7-13(20)9-15(11)14-5-3-4-12(18(14)22)8-17-19(23)16(21)10-24(17)2;5-3-4-1-2-6-4;1-2/h3-7,9,16-17,19H,8,10,23H2,1-2H3;3-4H,1-2H2;2H,1H3. The molecule has 2 aromatic rings. The summed E-state index contributed by atoms with van der Waals surface area (Å²) in [6.07, 6.45) is 2.61. The van der Waals surface area contributed by atoms with Crippen molar-refractivity contribution in [1.82, 2.24) is 4.90 Å². The molecule has 2 aromatic carbocycles. The van der Waals surface area contributed by atoms with Gasteiger partial charge in [-0.2, -0.15) is 12.6 Å². The Kier molecular flexibility index (Phi) is 10.2. The van der Waals surface area contributed by atoms with E-state index in [0.29, 0.717) is 23.1 Å². The Hall–Kier alpha value is -1.87. The molecule has 2 fully saturated rings. The number of thiol groups is 1. The zero-order valence-electron chi connectivity index (χ0n) is 18.6. The van der Waals surface area contributed by atoms with Gasteiger partial charge >= 0.3 is 0 Å².